The summed E-state index contributed by atoms with van der Waals surface area (Å²) in [6.45, 7) is 4.56. The molecule has 0 spiro atoms. The Balaban J connectivity index is 1.77. The van der Waals surface area contributed by atoms with Crippen molar-refractivity contribution < 1.29 is 34.0 Å². The molecule has 1 aromatic rings. The number of carbonyl (C=O) groups excluding carboxylic acids is 2. The number of methoxy groups -OCH3 is 1. The van der Waals surface area contributed by atoms with Gasteiger partial charge in [-0.15, -0.1) is 0 Å². The van der Waals surface area contributed by atoms with Crippen LogP contribution in [-0.4, -0.2) is 105 Å². The first-order valence-corrected chi connectivity index (χ1v) is 12.3. The van der Waals surface area contributed by atoms with Crippen molar-refractivity contribution in [3.05, 3.63) is 32.9 Å². The van der Waals surface area contributed by atoms with Crippen molar-refractivity contribution in [1.82, 2.24) is 15.5 Å². The number of benzene rings is 1. The fourth-order valence-electron chi connectivity index (χ4n) is 3.99. The summed E-state index contributed by atoms with van der Waals surface area (Å²) in [6.07, 6.45) is 0.904. The quantitative estimate of drug-likeness (QED) is 0.208. The van der Waals surface area contributed by atoms with Gasteiger partial charge in [-0.25, -0.2) is 0 Å². The Morgan fingerprint density at radius 1 is 1.32 bits per heavy atom. The van der Waals surface area contributed by atoms with Gasteiger partial charge in [0.25, 0.3) is 0 Å². The third kappa shape index (κ3) is 7.12. The number of carbonyl (C=O) groups is 2. The monoisotopic (exact) mass is 589 g/mol. The summed E-state index contributed by atoms with van der Waals surface area (Å²) in [4.78, 5) is 26.2. The molecule has 0 radical (unpaired) electrons. The van der Waals surface area contributed by atoms with Crippen molar-refractivity contribution in [2.75, 3.05) is 59.7 Å². The van der Waals surface area contributed by atoms with Crippen LogP contribution in [0.2, 0.25) is 0 Å². The van der Waals surface area contributed by atoms with E-state index in [1.54, 1.807) is 18.2 Å². The summed E-state index contributed by atoms with van der Waals surface area (Å²) in [5, 5.41) is 26.2. The summed E-state index contributed by atoms with van der Waals surface area (Å²) >= 11 is 2.05. The lowest BCUT2D eigenvalue weighted by Crippen LogP contribution is -2.53. The lowest BCUT2D eigenvalue weighted by atomic mass is 9.89. The van der Waals surface area contributed by atoms with Gasteiger partial charge in [0, 0.05) is 49.9 Å². The van der Waals surface area contributed by atoms with Gasteiger partial charge < -0.3 is 35.1 Å². The first kappa shape index (κ1) is 26.8. The van der Waals surface area contributed by atoms with Crippen LogP contribution in [0.5, 0.6) is 11.5 Å². The first-order chi connectivity index (χ1) is 16.5. The van der Waals surface area contributed by atoms with Gasteiger partial charge >= 0.3 is 0 Å². The van der Waals surface area contributed by atoms with Crippen LogP contribution in [0.4, 0.5) is 0 Å². The van der Waals surface area contributed by atoms with Crippen LogP contribution in [0.15, 0.2) is 23.8 Å². The second kappa shape index (κ2) is 13.4. The predicted octanol–water partition coefficient (Wildman–Crippen LogP) is -0.0504. The summed E-state index contributed by atoms with van der Waals surface area (Å²) < 4.78 is 17.6. The molecule has 10 nitrogen and oxygen atoms in total. The molecule has 34 heavy (non-hydrogen) atoms. The number of amides is 1. The zero-order valence-electron chi connectivity index (χ0n) is 19.2. The standard InChI is InChI=1S/C23H32IN3O7/c1-32-20-11-15(14-29)10-17(24)22(20)34-19-13-16(23(31)26-3-7-28)12-18(21(19)30)25-2-4-27-5-8-33-9-6-27/h10-11,13-14,18-19,21,25,28,30H,2-9,12H2,1H3,(H,26,31)/t18-,19+,21+/m1/s1. The second-order valence-corrected chi connectivity index (χ2v) is 9.28. The summed E-state index contributed by atoms with van der Waals surface area (Å²) in [6, 6.07) is 2.82. The number of aliphatic hydroxyl groups excluding tert-OH is 2. The highest BCUT2D eigenvalue weighted by Gasteiger charge is 2.36. The molecule has 4 N–H and O–H groups in total. The van der Waals surface area contributed by atoms with E-state index >= 15 is 0 Å². The van der Waals surface area contributed by atoms with Crippen molar-refractivity contribution in [2.24, 2.45) is 0 Å². The highest BCUT2D eigenvalue weighted by atomic mass is 127. The predicted molar refractivity (Wildman–Crippen MR) is 133 cm³/mol. The lowest BCUT2D eigenvalue weighted by molar-refractivity contribution is -0.118. The van der Waals surface area contributed by atoms with E-state index in [1.807, 2.05) is 22.6 Å². The van der Waals surface area contributed by atoms with Crippen molar-refractivity contribution >= 4 is 34.8 Å². The molecular formula is C23H32IN3O7. The van der Waals surface area contributed by atoms with Crippen LogP contribution in [0, 0.1) is 3.57 Å². The molecule has 0 saturated carbocycles. The Kier molecular flexibility index (Phi) is 10.5. The van der Waals surface area contributed by atoms with Gasteiger partial charge in [0.15, 0.2) is 11.5 Å². The largest absolute Gasteiger partial charge is 0.493 e. The molecule has 2 aliphatic rings. The average Bonchev–Trinajstić information content (AvgIpc) is 2.85. The molecule has 1 fully saturated rings. The molecule has 1 aromatic carbocycles. The van der Waals surface area contributed by atoms with Crippen molar-refractivity contribution in [2.45, 2.75) is 24.7 Å². The number of rotatable bonds is 11. The topological polar surface area (TPSA) is 130 Å². The molecule has 1 amide bonds. The normalized spacial score (nSPS) is 23.2. The van der Waals surface area contributed by atoms with E-state index in [0.29, 0.717) is 52.4 Å². The van der Waals surface area contributed by atoms with Crippen molar-refractivity contribution in [3.8, 4) is 11.5 Å². The molecule has 11 heteroatoms. The fourth-order valence-corrected chi connectivity index (χ4v) is 4.74. The molecule has 188 valence electrons. The smallest absolute Gasteiger partial charge is 0.247 e. The van der Waals surface area contributed by atoms with Crippen LogP contribution in [0.25, 0.3) is 0 Å². The molecule has 1 aliphatic carbocycles. The molecular weight excluding hydrogens is 557 g/mol. The summed E-state index contributed by atoms with van der Waals surface area (Å²) in [5.41, 5.74) is 0.908. The van der Waals surface area contributed by atoms with Crippen LogP contribution in [-0.2, 0) is 9.53 Å². The number of nitrogens with one attached hydrogen (secondary N) is 2. The van der Waals surface area contributed by atoms with E-state index in [2.05, 4.69) is 15.5 Å². The van der Waals surface area contributed by atoms with Crippen LogP contribution in [0.3, 0.4) is 0 Å². The number of halogens is 1. The first-order valence-electron chi connectivity index (χ1n) is 11.3. The Hall–Kier alpha value is -1.77. The van der Waals surface area contributed by atoms with Crippen molar-refractivity contribution in [1.29, 1.82) is 0 Å². The number of hydrogen-bond acceptors (Lipinski definition) is 9. The van der Waals surface area contributed by atoms with Crippen LogP contribution in [0.1, 0.15) is 16.8 Å². The Labute approximate surface area is 212 Å². The third-order valence-electron chi connectivity index (χ3n) is 5.82. The highest BCUT2D eigenvalue weighted by Crippen LogP contribution is 2.36. The molecule has 0 unspecified atom stereocenters. The van der Waals surface area contributed by atoms with E-state index in [9.17, 15) is 14.7 Å². The molecule has 0 aromatic heterocycles. The maximum Gasteiger partial charge on any atom is 0.247 e. The van der Waals surface area contributed by atoms with E-state index < -0.39 is 18.2 Å². The van der Waals surface area contributed by atoms with Gasteiger partial charge in [-0.3, -0.25) is 14.5 Å². The summed E-state index contributed by atoms with van der Waals surface area (Å²) in [5.74, 6) is 0.439. The number of ether oxygens (including phenoxy) is 3. The molecule has 3 rings (SSSR count). The SMILES string of the molecule is COc1cc(C=O)cc(I)c1O[C@H]1C=C(C(=O)NCCO)C[C@@H](NCCN2CCOCC2)[C@@H]1O. The van der Waals surface area contributed by atoms with E-state index in [0.717, 1.165) is 25.9 Å². The van der Waals surface area contributed by atoms with E-state index in [1.165, 1.54) is 7.11 Å². The van der Waals surface area contributed by atoms with Gasteiger partial charge in [0.1, 0.15) is 18.5 Å². The van der Waals surface area contributed by atoms with E-state index in [-0.39, 0.29) is 19.1 Å². The van der Waals surface area contributed by atoms with Gasteiger partial charge in [0.05, 0.1) is 30.5 Å². The highest BCUT2D eigenvalue weighted by molar-refractivity contribution is 14.1. The Morgan fingerprint density at radius 2 is 2.09 bits per heavy atom. The molecule has 0 bridgehead atoms. The zero-order valence-corrected chi connectivity index (χ0v) is 21.3. The third-order valence-corrected chi connectivity index (χ3v) is 6.62. The van der Waals surface area contributed by atoms with Gasteiger partial charge in [-0.05, 0) is 47.2 Å². The molecule has 3 atom stereocenters. The second-order valence-electron chi connectivity index (χ2n) is 8.12. The van der Waals surface area contributed by atoms with Gasteiger partial charge in [-0.1, -0.05) is 0 Å². The van der Waals surface area contributed by atoms with E-state index in [4.69, 9.17) is 19.3 Å². The van der Waals surface area contributed by atoms with Gasteiger partial charge in [-0.2, -0.15) is 0 Å². The Bertz CT molecular complexity index is 876. The average molecular weight is 589 g/mol. The van der Waals surface area contributed by atoms with Gasteiger partial charge in [0.2, 0.25) is 5.91 Å². The minimum atomic E-state index is -0.926. The minimum absolute atomic E-state index is 0.137. The number of nitrogens with zero attached hydrogens (tertiary/aromatic N) is 1. The fraction of sp³-hybridized carbons (Fsp3) is 0.565. The molecule has 1 heterocycles. The number of morpholine rings is 1. The lowest BCUT2D eigenvalue weighted by Gasteiger charge is -2.35. The number of hydrogen-bond donors (Lipinski definition) is 4. The minimum Gasteiger partial charge on any atom is -0.493 e. The van der Waals surface area contributed by atoms with Crippen molar-refractivity contribution in [3.63, 3.8) is 0 Å². The number of aldehydes is 1. The zero-order chi connectivity index (χ0) is 24.5. The maximum absolute atomic E-state index is 12.7. The Morgan fingerprint density at radius 3 is 2.76 bits per heavy atom. The van der Waals surface area contributed by atoms with Crippen LogP contribution < -0.4 is 20.1 Å². The summed E-state index contributed by atoms with van der Waals surface area (Å²) in [7, 11) is 1.48. The van der Waals surface area contributed by atoms with Crippen LogP contribution >= 0.6 is 22.6 Å². The maximum atomic E-state index is 12.7. The number of aliphatic hydroxyl groups is 2. The molecule has 1 saturated heterocycles. The molecule has 1 aliphatic heterocycles.